The summed E-state index contributed by atoms with van der Waals surface area (Å²) in [5.74, 6) is 0.165. The van der Waals surface area contributed by atoms with Gasteiger partial charge in [-0.15, -0.1) is 0 Å². The summed E-state index contributed by atoms with van der Waals surface area (Å²) >= 11 is 0. The van der Waals surface area contributed by atoms with Gasteiger partial charge >= 0.3 is 0 Å². The first kappa shape index (κ1) is 73.8. The summed E-state index contributed by atoms with van der Waals surface area (Å²) in [5.41, 5.74) is 0. The van der Waals surface area contributed by atoms with Crippen LogP contribution in [0.3, 0.4) is 0 Å². The van der Waals surface area contributed by atoms with Crippen LogP contribution in [0.4, 0.5) is 0 Å². The monoisotopic (exact) mass is 1080 g/mol. The first-order chi connectivity index (χ1) is 37.4. The van der Waals surface area contributed by atoms with Gasteiger partial charge in [-0.1, -0.05) is 201 Å². The number of allylic oxidation sites excluding steroid dienone is 8. The molecule has 0 aliphatic heterocycles. The molecular weight excluding hydrogens is 953 g/mol. The van der Waals surface area contributed by atoms with E-state index in [1.54, 1.807) is 0 Å². The van der Waals surface area contributed by atoms with E-state index in [1.807, 2.05) is 9.80 Å². The normalized spacial score (nSPS) is 13.0. The van der Waals surface area contributed by atoms with Crippen molar-refractivity contribution in [1.29, 1.82) is 0 Å². The predicted octanol–water partition coefficient (Wildman–Crippen LogP) is 16.0. The number of amides is 4. The molecule has 77 heavy (non-hydrogen) atoms. The topological polar surface area (TPSA) is 105 Å². The average Bonchev–Trinajstić information content (AvgIpc) is 3.41. The van der Waals surface area contributed by atoms with E-state index in [1.165, 1.54) is 77.0 Å². The van der Waals surface area contributed by atoms with Crippen molar-refractivity contribution in [3.63, 3.8) is 0 Å². The molecule has 0 saturated heterocycles. The Labute approximate surface area is 477 Å². The molecule has 4 amide bonds. The summed E-state index contributed by atoms with van der Waals surface area (Å²) in [6.45, 7) is 29.6. The Kier molecular flexibility index (Phi) is 51.2. The molecule has 0 aromatic carbocycles. The maximum Gasteiger partial charge on any atom is 0.243 e. The van der Waals surface area contributed by atoms with Gasteiger partial charge in [-0.3, -0.25) is 19.2 Å². The van der Waals surface area contributed by atoms with Crippen molar-refractivity contribution in [1.82, 2.24) is 30.2 Å². The van der Waals surface area contributed by atoms with Crippen molar-refractivity contribution in [2.24, 2.45) is 11.8 Å². The minimum absolute atomic E-state index is 0.00995. The second-order valence-electron chi connectivity index (χ2n) is 22.6. The smallest absolute Gasteiger partial charge is 0.243 e. The molecule has 0 rings (SSSR count). The summed E-state index contributed by atoms with van der Waals surface area (Å²) in [5, 5.41) is 6.44. The van der Waals surface area contributed by atoms with Crippen molar-refractivity contribution in [2.45, 2.75) is 280 Å². The molecule has 0 bridgehead atoms. The zero-order valence-corrected chi connectivity index (χ0v) is 52.3. The van der Waals surface area contributed by atoms with Gasteiger partial charge in [0, 0.05) is 39.0 Å². The van der Waals surface area contributed by atoms with Gasteiger partial charge in [-0.2, -0.15) is 0 Å². The molecule has 2 atom stereocenters. The minimum Gasteiger partial charge on any atom is -0.354 e. The molecule has 0 saturated carbocycles. The van der Waals surface area contributed by atoms with Crippen LogP contribution >= 0.6 is 0 Å². The fourth-order valence-electron chi connectivity index (χ4n) is 10.3. The fraction of sp³-hybridized carbons (Fsp3) is 0.821. The third-order valence-electron chi connectivity index (χ3n) is 15.3. The summed E-state index contributed by atoms with van der Waals surface area (Å²) in [7, 11) is 0. The van der Waals surface area contributed by atoms with Crippen LogP contribution in [0.1, 0.15) is 268 Å². The molecule has 448 valence electrons. The van der Waals surface area contributed by atoms with E-state index in [4.69, 9.17) is 0 Å². The van der Waals surface area contributed by atoms with Crippen molar-refractivity contribution in [2.75, 3.05) is 65.4 Å². The Morgan fingerprint density at radius 1 is 0.351 bits per heavy atom. The molecule has 2 N–H and O–H groups in total. The lowest BCUT2D eigenvalue weighted by Gasteiger charge is -2.34. The summed E-state index contributed by atoms with van der Waals surface area (Å²) < 4.78 is 0. The van der Waals surface area contributed by atoms with Crippen molar-refractivity contribution in [3.8, 4) is 0 Å². The van der Waals surface area contributed by atoms with Gasteiger partial charge in [0.25, 0.3) is 0 Å². The van der Waals surface area contributed by atoms with Crippen molar-refractivity contribution < 1.29 is 19.2 Å². The number of carbonyl (C=O) groups excluding carboxylic acids is 4. The highest BCUT2D eigenvalue weighted by Gasteiger charge is 2.33. The molecule has 0 fully saturated rings. The van der Waals surface area contributed by atoms with Gasteiger partial charge in [0.05, 0.1) is 0 Å². The molecule has 0 aliphatic rings. The largest absolute Gasteiger partial charge is 0.354 e. The Morgan fingerprint density at radius 2 is 0.649 bits per heavy atom. The maximum absolute atomic E-state index is 13.9. The molecular formula is C67H126N6O4. The molecule has 10 nitrogen and oxygen atoms in total. The van der Waals surface area contributed by atoms with Crippen LogP contribution in [0.15, 0.2) is 48.6 Å². The number of rotatable bonds is 54. The van der Waals surface area contributed by atoms with Crippen molar-refractivity contribution >= 4 is 23.6 Å². The number of hydrogen-bond acceptors (Lipinski definition) is 6. The zero-order valence-electron chi connectivity index (χ0n) is 52.3. The highest BCUT2D eigenvalue weighted by Crippen LogP contribution is 2.19. The van der Waals surface area contributed by atoms with Gasteiger partial charge in [-0.25, -0.2) is 0 Å². The molecule has 10 heteroatoms. The van der Waals surface area contributed by atoms with Gasteiger partial charge in [0.15, 0.2) is 0 Å². The van der Waals surface area contributed by atoms with E-state index in [9.17, 15) is 19.2 Å². The summed E-state index contributed by atoms with van der Waals surface area (Å²) in [6.07, 6.45) is 51.1. The molecule has 2 unspecified atom stereocenters. The van der Waals surface area contributed by atoms with E-state index < -0.39 is 12.1 Å². The Hall–Kier alpha value is -3.24. The lowest BCUT2D eigenvalue weighted by Crippen LogP contribution is -2.53. The third kappa shape index (κ3) is 40.6. The number of carbonyl (C=O) groups is 4. The van der Waals surface area contributed by atoms with Crippen LogP contribution in [0, 0.1) is 11.8 Å². The molecule has 0 aromatic heterocycles. The van der Waals surface area contributed by atoms with E-state index in [0.717, 1.165) is 148 Å². The van der Waals surface area contributed by atoms with E-state index in [2.05, 4.69) is 138 Å². The Bertz CT molecular complexity index is 1410. The van der Waals surface area contributed by atoms with Gasteiger partial charge in [0.1, 0.15) is 12.1 Å². The second kappa shape index (κ2) is 53.4. The van der Waals surface area contributed by atoms with E-state index >= 15 is 0 Å². The van der Waals surface area contributed by atoms with Crippen LogP contribution in [0.2, 0.25) is 0 Å². The highest BCUT2D eigenvalue weighted by molar-refractivity contribution is 5.88. The highest BCUT2D eigenvalue weighted by atomic mass is 16.2. The van der Waals surface area contributed by atoms with Crippen molar-refractivity contribution in [3.05, 3.63) is 48.6 Å². The molecule has 0 radical (unpaired) electrons. The van der Waals surface area contributed by atoms with E-state index in [0.29, 0.717) is 39.0 Å². The quantitative estimate of drug-likeness (QED) is 0.0464. The third-order valence-corrected chi connectivity index (χ3v) is 15.3. The minimum atomic E-state index is -0.477. The average molecular weight is 1080 g/mol. The van der Waals surface area contributed by atoms with Gasteiger partial charge < -0.3 is 30.2 Å². The predicted molar refractivity (Wildman–Crippen MR) is 333 cm³/mol. The fourth-order valence-corrected chi connectivity index (χ4v) is 10.3. The first-order valence-electron chi connectivity index (χ1n) is 32.6. The first-order valence-corrected chi connectivity index (χ1v) is 32.6. The Morgan fingerprint density at radius 3 is 0.961 bits per heavy atom. The lowest BCUT2D eigenvalue weighted by atomic mass is 9.99. The van der Waals surface area contributed by atoms with Crippen LogP contribution in [0.5, 0.6) is 0 Å². The maximum atomic E-state index is 13.9. The summed E-state index contributed by atoms with van der Waals surface area (Å²) in [6, 6.07) is -0.955. The van der Waals surface area contributed by atoms with Crippen LogP contribution < -0.4 is 10.6 Å². The number of nitrogens with one attached hydrogen (secondary N) is 2. The molecule has 0 spiro atoms. The van der Waals surface area contributed by atoms with Crippen LogP contribution in [-0.2, 0) is 19.2 Å². The lowest BCUT2D eigenvalue weighted by molar-refractivity contribution is -0.142. The van der Waals surface area contributed by atoms with E-state index in [-0.39, 0.29) is 35.5 Å². The molecule has 0 aromatic rings. The Balaban J connectivity index is 5.05. The number of unbranched alkanes of at least 4 members (excludes halogenated alkanes) is 20. The molecule has 0 aliphatic carbocycles. The van der Waals surface area contributed by atoms with Crippen LogP contribution in [-0.4, -0.2) is 121 Å². The SMILES string of the molecule is CCCCC/C=C\C/C=C\CCCCCCCC(=O)N(CCCN(CC)CC)C(C(=O)NCCCCCCCNC(=O)C(C(C)C)N(CCCN(CC)CC)C(=O)CCCCCCC/C=C\C/C=C\CCCCC)C(C)C. The van der Waals surface area contributed by atoms with Crippen LogP contribution in [0.25, 0.3) is 0 Å². The summed E-state index contributed by atoms with van der Waals surface area (Å²) in [4.78, 5) is 64.1. The second-order valence-corrected chi connectivity index (χ2v) is 22.6. The van der Waals surface area contributed by atoms with Gasteiger partial charge in [-0.05, 0) is 154 Å². The molecule has 0 heterocycles. The number of nitrogens with zero attached hydrogens (tertiary/aromatic N) is 4. The zero-order chi connectivity index (χ0) is 57.0. The standard InChI is InChI=1S/C67H126N6O4/c1-11-17-19-21-23-25-27-29-31-33-35-37-39-42-46-52-62(74)72(58-50-56-70(13-3)14-4)64(60(7)8)66(76)68-54-48-44-41-45-49-55-69-67(77)65(61(9)10)73(59-51-57-71(15-5)16-6)63(75)53-47-43-40-38-36-34-32-30-28-26-24-22-20-18-12-2/h23-26,29-32,60-61,64-65H,11-22,27-28,33-59H2,1-10H3,(H,68,76)(H,69,77)/b25-23-,26-24-,31-29-,32-30-. The number of hydrogen-bond donors (Lipinski definition) is 2. The van der Waals surface area contributed by atoms with Gasteiger partial charge in [0.2, 0.25) is 23.6 Å².